The number of methoxy groups -OCH3 is 1. The first-order valence-corrected chi connectivity index (χ1v) is 5.16. The number of rotatable bonds is 6. The van der Waals surface area contributed by atoms with Gasteiger partial charge in [0.1, 0.15) is 0 Å². The fourth-order valence-electron chi connectivity index (χ4n) is 0.603. The molecule has 0 heterocycles. The Morgan fingerprint density at radius 1 is 1.31 bits per heavy atom. The summed E-state index contributed by atoms with van der Waals surface area (Å²) in [6.07, 6.45) is 0.343. The fourth-order valence-corrected chi connectivity index (χ4v) is 1.34. The summed E-state index contributed by atoms with van der Waals surface area (Å²) >= 11 is 1.36. The first-order valence-electron chi connectivity index (χ1n) is 4.00. The lowest BCUT2D eigenvalue weighted by atomic mass is 10.5. The highest BCUT2D eigenvalue weighted by Gasteiger charge is 2.03. The van der Waals surface area contributed by atoms with Crippen LogP contribution in [-0.4, -0.2) is 37.2 Å². The average molecular weight is 206 g/mol. The number of ether oxygens (including phenoxy) is 2. The van der Waals surface area contributed by atoms with Gasteiger partial charge in [0.25, 0.3) is 0 Å². The molecule has 0 aromatic rings. The van der Waals surface area contributed by atoms with Crippen molar-refractivity contribution in [2.24, 2.45) is 0 Å². The van der Waals surface area contributed by atoms with Crippen molar-refractivity contribution in [1.29, 1.82) is 0 Å². The maximum atomic E-state index is 10.8. The van der Waals surface area contributed by atoms with Crippen molar-refractivity contribution in [2.45, 2.75) is 13.3 Å². The van der Waals surface area contributed by atoms with Gasteiger partial charge in [-0.3, -0.25) is 9.59 Å². The minimum atomic E-state index is -0.270. The van der Waals surface area contributed by atoms with Gasteiger partial charge in [-0.25, -0.2) is 0 Å². The molecule has 0 rings (SSSR count). The predicted molar refractivity (Wildman–Crippen MR) is 50.6 cm³/mol. The second kappa shape index (κ2) is 7.91. The lowest BCUT2D eigenvalue weighted by Crippen LogP contribution is -2.07. The van der Waals surface area contributed by atoms with E-state index in [1.54, 1.807) is 6.92 Å². The Labute approximate surface area is 82.0 Å². The predicted octanol–water partition coefficient (Wildman–Crippen LogP) is 0.846. The zero-order valence-electron chi connectivity index (χ0n) is 7.87. The molecule has 4 nitrogen and oxygen atoms in total. The Hall–Kier alpha value is -0.710. The number of esters is 2. The van der Waals surface area contributed by atoms with Crippen molar-refractivity contribution in [3.05, 3.63) is 0 Å². The van der Waals surface area contributed by atoms with Crippen molar-refractivity contribution < 1.29 is 19.1 Å². The van der Waals surface area contributed by atoms with Crippen LogP contribution in [0, 0.1) is 0 Å². The van der Waals surface area contributed by atoms with Gasteiger partial charge in [0, 0.05) is 5.75 Å². The maximum Gasteiger partial charge on any atom is 0.315 e. The summed E-state index contributed by atoms with van der Waals surface area (Å²) in [6, 6.07) is 0. The van der Waals surface area contributed by atoms with E-state index in [2.05, 4.69) is 4.74 Å². The van der Waals surface area contributed by atoms with Crippen LogP contribution < -0.4 is 0 Å². The highest BCUT2D eigenvalue weighted by Crippen LogP contribution is 2.03. The van der Waals surface area contributed by atoms with E-state index in [1.807, 2.05) is 0 Å². The Bertz CT molecular complexity index is 170. The van der Waals surface area contributed by atoms with Gasteiger partial charge < -0.3 is 9.47 Å². The van der Waals surface area contributed by atoms with Crippen LogP contribution in [0.2, 0.25) is 0 Å². The minimum Gasteiger partial charge on any atom is -0.468 e. The lowest BCUT2D eigenvalue weighted by molar-refractivity contribution is -0.142. The number of hydrogen-bond acceptors (Lipinski definition) is 5. The zero-order chi connectivity index (χ0) is 10.1. The molecule has 0 radical (unpaired) electrons. The molecule has 0 fully saturated rings. The molecule has 0 atom stereocenters. The molecule has 5 heteroatoms. The second-order valence-corrected chi connectivity index (χ2v) is 3.29. The van der Waals surface area contributed by atoms with Gasteiger partial charge in [0.05, 0.1) is 25.9 Å². The van der Waals surface area contributed by atoms with Crippen molar-refractivity contribution in [3.8, 4) is 0 Å². The number of carbonyl (C=O) groups is 2. The van der Waals surface area contributed by atoms with E-state index in [4.69, 9.17) is 4.74 Å². The molecule has 0 aromatic heterocycles. The van der Waals surface area contributed by atoms with E-state index in [-0.39, 0.29) is 17.7 Å². The van der Waals surface area contributed by atoms with Crippen LogP contribution >= 0.6 is 11.8 Å². The molecule has 13 heavy (non-hydrogen) atoms. The second-order valence-electron chi connectivity index (χ2n) is 2.18. The van der Waals surface area contributed by atoms with Gasteiger partial charge in [-0.2, -0.15) is 0 Å². The molecule has 0 bridgehead atoms. The smallest absolute Gasteiger partial charge is 0.315 e. The molecule has 0 aliphatic rings. The van der Waals surface area contributed by atoms with Gasteiger partial charge in [-0.05, 0) is 6.92 Å². The molecule has 0 N–H and O–H groups in total. The van der Waals surface area contributed by atoms with E-state index in [0.717, 1.165) is 0 Å². The summed E-state index contributed by atoms with van der Waals surface area (Å²) in [5.74, 6) is 0.387. The Balaban J connectivity index is 3.25. The van der Waals surface area contributed by atoms with Gasteiger partial charge in [-0.1, -0.05) is 0 Å². The highest BCUT2D eigenvalue weighted by molar-refractivity contribution is 7.99. The monoisotopic (exact) mass is 206 g/mol. The van der Waals surface area contributed by atoms with E-state index >= 15 is 0 Å². The summed E-state index contributed by atoms with van der Waals surface area (Å²) < 4.78 is 9.14. The molecule has 0 amide bonds. The van der Waals surface area contributed by atoms with Crippen LogP contribution in [0.25, 0.3) is 0 Å². The molecule has 0 aliphatic heterocycles. The fraction of sp³-hybridized carbons (Fsp3) is 0.750. The van der Waals surface area contributed by atoms with Crippen LogP contribution in [0.1, 0.15) is 13.3 Å². The van der Waals surface area contributed by atoms with Crippen molar-refractivity contribution >= 4 is 23.7 Å². The van der Waals surface area contributed by atoms with Crippen molar-refractivity contribution in [1.82, 2.24) is 0 Å². The molecule has 0 spiro atoms. The molecule has 0 aromatic carbocycles. The Kier molecular flexibility index (Phi) is 7.48. The van der Waals surface area contributed by atoms with Gasteiger partial charge in [0.2, 0.25) is 0 Å². The van der Waals surface area contributed by atoms with Crippen molar-refractivity contribution in [2.75, 3.05) is 25.2 Å². The van der Waals surface area contributed by atoms with Crippen LogP contribution in [0.5, 0.6) is 0 Å². The molecule has 0 saturated carbocycles. The van der Waals surface area contributed by atoms with Crippen LogP contribution in [-0.2, 0) is 19.1 Å². The third kappa shape index (κ3) is 7.64. The highest BCUT2D eigenvalue weighted by atomic mass is 32.2. The minimum absolute atomic E-state index is 0.222. The molecular formula is C8H14O4S. The summed E-state index contributed by atoms with van der Waals surface area (Å²) in [5.41, 5.74) is 0. The molecular weight excluding hydrogens is 192 g/mol. The van der Waals surface area contributed by atoms with Gasteiger partial charge in [-0.15, -0.1) is 11.8 Å². The van der Waals surface area contributed by atoms with Crippen LogP contribution in [0.3, 0.4) is 0 Å². The van der Waals surface area contributed by atoms with Crippen LogP contribution in [0.15, 0.2) is 0 Å². The zero-order valence-corrected chi connectivity index (χ0v) is 8.69. The normalized spacial score (nSPS) is 9.38. The van der Waals surface area contributed by atoms with Gasteiger partial charge in [0.15, 0.2) is 0 Å². The summed E-state index contributed by atoms with van der Waals surface area (Å²) in [4.78, 5) is 21.4. The first kappa shape index (κ1) is 12.3. The largest absolute Gasteiger partial charge is 0.468 e. The quantitative estimate of drug-likeness (QED) is 0.476. The topological polar surface area (TPSA) is 52.6 Å². The third-order valence-electron chi connectivity index (χ3n) is 1.20. The van der Waals surface area contributed by atoms with Gasteiger partial charge >= 0.3 is 11.9 Å². The van der Waals surface area contributed by atoms with Crippen molar-refractivity contribution in [3.63, 3.8) is 0 Å². The first-order chi connectivity index (χ1) is 6.20. The average Bonchev–Trinajstić information content (AvgIpc) is 2.12. The maximum absolute atomic E-state index is 10.8. The summed E-state index contributed by atoms with van der Waals surface area (Å²) in [7, 11) is 1.34. The van der Waals surface area contributed by atoms with E-state index in [1.165, 1.54) is 18.9 Å². The molecule has 0 saturated heterocycles. The lowest BCUT2D eigenvalue weighted by Gasteiger charge is -2.00. The van der Waals surface area contributed by atoms with Crippen LogP contribution in [0.4, 0.5) is 0 Å². The van der Waals surface area contributed by atoms with E-state index in [9.17, 15) is 9.59 Å². The number of thioether (sulfide) groups is 1. The Morgan fingerprint density at radius 3 is 2.54 bits per heavy atom. The summed E-state index contributed by atoms with van der Waals surface area (Å²) in [5, 5.41) is 0. The SMILES string of the molecule is CCOC(=O)CCSCC(=O)OC. The van der Waals surface area contributed by atoms with E-state index in [0.29, 0.717) is 18.8 Å². The molecule has 0 unspecified atom stereocenters. The molecule has 0 aliphatic carbocycles. The number of hydrogen-bond donors (Lipinski definition) is 0. The standard InChI is InChI=1S/C8H14O4S/c1-3-12-7(9)4-5-13-6-8(10)11-2/h3-6H2,1-2H3. The number of carbonyl (C=O) groups excluding carboxylic acids is 2. The van der Waals surface area contributed by atoms with E-state index < -0.39 is 0 Å². The Morgan fingerprint density at radius 2 is 2.00 bits per heavy atom. The summed E-state index contributed by atoms with van der Waals surface area (Å²) in [6.45, 7) is 2.17. The third-order valence-corrected chi connectivity index (χ3v) is 2.14. The molecule has 76 valence electrons.